The summed E-state index contributed by atoms with van der Waals surface area (Å²) < 4.78 is 32.2. The van der Waals surface area contributed by atoms with Crippen LogP contribution in [0.25, 0.3) is 21.9 Å². The second-order valence-corrected chi connectivity index (χ2v) is 8.10. The smallest absolute Gasteiger partial charge is 0.341 e. The first-order valence-electron chi connectivity index (χ1n) is 10.4. The van der Waals surface area contributed by atoms with E-state index >= 15 is 8.78 Å². The van der Waals surface area contributed by atoms with Crippen LogP contribution < -0.4 is 15.6 Å². The van der Waals surface area contributed by atoms with Gasteiger partial charge >= 0.3 is 5.97 Å². The fourth-order valence-corrected chi connectivity index (χ4v) is 4.43. The highest BCUT2D eigenvalue weighted by Gasteiger charge is 2.27. The molecule has 4 aromatic rings. The van der Waals surface area contributed by atoms with Crippen LogP contribution in [-0.4, -0.2) is 40.3 Å². The predicted octanol–water partition coefficient (Wildman–Crippen LogP) is 3.21. The number of aromatic carboxylic acids is 1. The molecule has 0 radical (unpaired) electrons. The summed E-state index contributed by atoms with van der Waals surface area (Å²) in [4.78, 5) is 29.9. The molecule has 1 fully saturated rings. The van der Waals surface area contributed by atoms with Crippen molar-refractivity contribution >= 4 is 33.6 Å². The molecule has 0 amide bonds. The van der Waals surface area contributed by atoms with Crippen molar-refractivity contribution in [1.82, 2.24) is 14.9 Å². The minimum atomic E-state index is -1.38. The van der Waals surface area contributed by atoms with Crippen LogP contribution in [0.4, 0.5) is 14.5 Å². The number of nitrogens with one attached hydrogen (secondary N) is 1. The molecule has 0 saturated carbocycles. The predicted molar refractivity (Wildman–Crippen MR) is 121 cm³/mol. The average Bonchev–Trinajstić information content (AvgIpc) is 2.81. The second kappa shape index (κ2) is 7.93. The lowest BCUT2D eigenvalue weighted by atomic mass is 10.0. The Morgan fingerprint density at radius 2 is 1.97 bits per heavy atom. The normalized spacial score (nSPS) is 16.5. The first-order chi connectivity index (χ1) is 15.8. The van der Waals surface area contributed by atoms with Crippen LogP contribution in [0.1, 0.15) is 22.0 Å². The minimum Gasteiger partial charge on any atom is -0.477 e. The summed E-state index contributed by atoms with van der Waals surface area (Å²) in [6.07, 6.45) is 1.15. The zero-order chi connectivity index (χ0) is 23.3. The number of benzene rings is 2. The number of fused-ring (bicyclic) bond motifs is 2. The van der Waals surface area contributed by atoms with Crippen LogP contribution in [-0.2, 0) is 7.05 Å². The Labute approximate surface area is 186 Å². The first-order valence-corrected chi connectivity index (χ1v) is 10.4. The summed E-state index contributed by atoms with van der Waals surface area (Å²) in [5.74, 6) is -2.95. The number of aromatic nitrogens is 2. The second-order valence-electron chi connectivity index (χ2n) is 8.10. The third kappa shape index (κ3) is 3.50. The van der Waals surface area contributed by atoms with E-state index in [1.807, 2.05) is 30.3 Å². The number of anilines is 1. The number of rotatable bonds is 3. The van der Waals surface area contributed by atoms with Crippen LogP contribution in [0.15, 0.2) is 53.5 Å². The van der Waals surface area contributed by atoms with Crippen LogP contribution >= 0.6 is 0 Å². The van der Waals surface area contributed by atoms with Gasteiger partial charge in [0.2, 0.25) is 5.43 Å². The lowest BCUT2D eigenvalue weighted by Crippen LogP contribution is -2.46. The number of carboxylic acid groups (broad SMARTS) is 1. The summed E-state index contributed by atoms with van der Waals surface area (Å²) in [6.45, 7) is 1.34. The number of hydrogen-bond acceptors (Lipinski definition) is 5. The van der Waals surface area contributed by atoms with E-state index in [0.717, 1.165) is 17.8 Å². The summed E-state index contributed by atoms with van der Waals surface area (Å²) in [5.41, 5.74) is -0.275. The van der Waals surface area contributed by atoms with E-state index < -0.39 is 28.6 Å². The molecule has 1 aliphatic rings. The Morgan fingerprint density at radius 3 is 2.70 bits per heavy atom. The van der Waals surface area contributed by atoms with Gasteiger partial charge in [-0.25, -0.2) is 18.6 Å². The summed E-state index contributed by atoms with van der Waals surface area (Å²) in [6, 6.07) is 12.0. The molecule has 7 nitrogen and oxygen atoms in total. The Bertz CT molecular complexity index is 1470. The van der Waals surface area contributed by atoms with Gasteiger partial charge in [-0.2, -0.15) is 0 Å². The van der Waals surface area contributed by atoms with E-state index in [4.69, 9.17) is 0 Å². The molecule has 0 bridgehead atoms. The molecule has 168 valence electrons. The number of aryl methyl sites for hydroxylation is 1. The van der Waals surface area contributed by atoms with Crippen LogP contribution in [0, 0.1) is 11.6 Å². The van der Waals surface area contributed by atoms with Gasteiger partial charge in [-0.3, -0.25) is 4.79 Å². The van der Waals surface area contributed by atoms with Crippen molar-refractivity contribution in [3.8, 4) is 0 Å². The zero-order valence-corrected chi connectivity index (χ0v) is 17.7. The number of halogens is 2. The molecule has 9 heteroatoms. The lowest BCUT2D eigenvalue weighted by Gasteiger charge is -2.36. The summed E-state index contributed by atoms with van der Waals surface area (Å²) in [5, 5.41) is 12.7. The van der Waals surface area contributed by atoms with Gasteiger partial charge in [0.1, 0.15) is 28.2 Å². The van der Waals surface area contributed by atoms with E-state index in [1.54, 1.807) is 4.90 Å². The van der Waals surface area contributed by atoms with E-state index in [0.29, 0.717) is 19.6 Å². The molecule has 0 spiro atoms. The molecule has 1 saturated heterocycles. The standard InChI is InChI=1S/C24H20F2N4O3/c1-29-11-16(24(32)33)22(31)15-9-14-10-17(25)21(19(26)20(14)28-23(15)29)30-8-7-27-18(12-30)13-5-3-2-4-6-13/h2-6,9-11,18,27H,7-8,12H2,1H3,(H,32,33). The molecule has 0 aliphatic carbocycles. The van der Waals surface area contributed by atoms with Gasteiger partial charge in [-0.15, -0.1) is 0 Å². The number of hydrogen-bond donors (Lipinski definition) is 2. The molecule has 33 heavy (non-hydrogen) atoms. The Kier molecular flexibility index (Phi) is 5.05. The van der Waals surface area contributed by atoms with Crippen LogP contribution in [0.5, 0.6) is 0 Å². The monoisotopic (exact) mass is 450 g/mol. The van der Waals surface area contributed by atoms with E-state index in [-0.39, 0.29) is 33.7 Å². The summed E-state index contributed by atoms with van der Waals surface area (Å²) in [7, 11) is 1.52. The number of piperazine rings is 1. The quantitative estimate of drug-likeness (QED) is 0.466. The highest BCUT2D eigenvalue weighted by molar-refractivity contribution is 5.97. The van der Waals surface area contributed by atoms with Gasteiger partial charge < -0.3 is 19.9 Å². The third-order valence-electron chi connectivity index (χ3n) is 6.03. The van der Waals surface area contributed by atoms with Crippen LogP contribution in [0.2, 0.25) is 0 Å². The summed E-state index contributed by atoms with van der Waals surface area (Å²) >= 11 is 0. The molecule has 5 rings (SSSR count). The average molecular weight is 450 g/mol. The molecular formula is C24H20F2N4O3. The fraction of sp³-hybridized carbons (Fsp3) is 0.208. The van der Waals surface area contributed by atoms with Gasteiger partial charge in [0, 0.05) is 44.3 Å². The molecule has 1 unspecified atom stereocenters. The molecule has 2 aromatic carbocycles. The topological polar surface area (TPSA) is 87.5 Å². The Hall–Kier alpha value is -3.85. The van der Waals surface area contributed by atoms with Crippen molar-refractivity contribution in [2.24, 2.45) is 7.05 Å². The van der Waals surface area contributed by atoms with Gasteiger partial charge in [0.05, 0.1) is 5.39 Å². The molecule has 2 aromatic heterocycles. The Morgan fingerprint density at radius 1 is 1.21 bits per heavy atom. The number of pyridine rings is 2. The molecule has 3 heterocycles. The maximum Gasteiger partial charge on any atom is 0.341 e. The fourth-order valence-electron chi connectivity index (χ4n) is 4.43. The van der Waals surface area contributed by atoms with Crippen LogP contribution in [0.3, 0.4) is 0 Å². The van der Waals surface area contributed by atoms with E-state index in [1.165, 1.54) is 17.7 Å². The largest absolute Gasteiger partial charge is 0.477 e. The van der Waals surface area contributed by atoms with Crippen molar-refractivity contribution in [3.63, 3.8) is 0 Å². The molecular weight excluding hydrogens is 430 g/mol. The lowest BCUT2D eigenvalue weighted by molar-refractivity contribution is 0.0695. The number of nitrogens with zero attached hydrogens (tertiary/aromatic N) is 3. The highest BCUT2D eigenvalue weighted by atomic mass is 19.1. The minimum absolute atomic E-state index is 0.0113. The highest BCUT2D eigenvalue weighted by Crippen LogP contribution is 2.33. The Balaban J connectivity index is 1.64. The van der Waals surface area contributed by atoms with Gasteiger partial charge in [0.25, 0.3) is 0 Å². The van der Waals surface area contributed by atoms with E-state index in [9.17, 15) is 14.7 Å². The van der Waals surface area contributed by atoms with Crippen molar-refractivity contribution < 1.29 is 18.7 Å². The van der Waals surface area contributed by atoms with Crippen molar-refractivity contribution in [2.75, 3.05) is 24.5 Å². The third-order valence-corrected chi connectivity index (χ3v) is 6.03. The van der Waals surface area contributed by atoms with Gasteiger partial charge in [-0.1, -0.05) is 30.3 Å². The maximum atomic E-state index is 15.7. The van der Waals surface area contributed by atoms with Crippen molar-refractivity contribution in [1.29, 1.82) is 0 Å². The number of carbonyl (C=O) groups is 1. The van der Waals surface area contributed by atoms with E-state index in [2.05, 4.69) is 10.3 Å². The molecule has 2 N–H and O–H groups in total. The maximum absolute atomic E-state index is 15.7. The van der Waals surface area contributed by atoms with Crippen molar-refractivity contribution in [2.45, 2.75) is 6.04 Å². The van der Waals surface area contributed by atoms with Crippen molar-refractivity contribution in [3.05, 3.63) is 81.6 Å². The first kappa shape index (κ1) is 21.0. The number of carboxylic acids is 1. The van der Waals surface area contributed by atoms with Gasteiger partial charge in [-0.05, 0) is 17.7 Å². The molecule has 1 aliphatic heterocycles. The van der Waals surface area contributed by atoms with Gasteiger partial charge in [0.15, 0.2) is 5.82 Å². The zero-order valence-electron chi connectivity index (χ0n) is 17.7. The molecule has 1 atom stereocenters. The SMILES string of the molecule is Cn1cc(C(=O)O)c(=O)c2cc3cc(F)c(N4CCNC(c5ccccc5)C4)c(F)c3nc21.